The molecule has 0 amide bonds. The van der Waals surface area contributed by atoms with Gasteiger partial charge in [-0.15, -0.1) is 0 Å². The Hall–Kier alpha value is -0.320. The first kappa shape index (κ1) is 11.5. The predicted octanol–water partition coefficient (Wildman–Crippen LogP) is -1.07. The first-order valence-electron chi connectivity index (χ1n) is 2.16. The van der Waals surface area contributed by atoms with E-state index in [9.17, 15) is 0 Å². The number of rotatable bonds is 1. The summed E-state index contributed by atoms with van der Waals surface area (Å²) in [5.41, 5.74) is -1.61. The van der Waals surface area contributed by atoms with Gasteiger partial charge in [-0.3, -0.25) is 0 Å². The Labute approximate surface area is 57.7 Å². The minimum atomic E-state index is -1.61. The second-order valence-electron chi connectivity index (χ2n) is 1.27. The Morgan fingerprint density at radius 1 is 1.89 bits per heavy atom. The van der Waals surface area contributed by atoms with E-state index in [1.54, 1.807) is 0 Å². The van der Waals surface area contributed by atoms with Crippen LogP contribution in [0.1, 0.15) is 6.92 Å². The monoisotopic (exact) mass is 155 g/mol. The standard InChI is InChI=1S/C3H8O2.CHClO2/c1-3(5)2-4;2-1(3)4/h3-5H,2H2,1H3;(H,3,4)/p-1. The molecule has 0 radical (unpaired) electrons. The number of carbonyl (C=O) groups is 1. The molecular formula is C4H8ClO4-. The lowest BCUT2D eigenvalue weighted by atomic mass is 10.5. The molecule has 4 nitrogen and oxygen atoms in total. The molecule has 0 fully saturated rings. The van der Waals surface area contributed by atoms with Crippen LogP contribution in [0.3, 0.4) is 0 Å². The zero-order valence-corrected chi connectivity index (χ0v) is 5.63. The third-order valence-electron chi connectivity index (χ3n) is 0.264. The quantitative estimate of drug-likeness (QED) is 0.473. The highest BCUT2D eigenvalue weighted by molar-refractivity contribution is 6.59. The molecule has 0 heterocycles. The molecule has 0 aromatic heterocycles. The fraction of sp³-hybridized carbons (Fsp3) is 0.750. The maximum Gasteiger partial charge on any atom is 0.134 e. The van der Waals surface area contributed by atoms with Crippen LogP contribution < -0.4 is 5.11 Å². The molecule has 0 bridgehead atoms. The molecule has 1 unspecified atom stereocenters. The Bertz CT molecular complexity index is 69.0. The maximum atomic E-state index is 8.65. The van der Waals surface area contributed by atoms with Crippen molar-refractivity contribution in [2.75, 3.05) is 6.61 Å². The summed E-state index contributed by atoms with van der Waals surface area (Å²) in [6, 6.07) is 0. The van der Waals surface area contributed by atoms with Crippen LogP contribution in [0.2, 0.25) is 0 Å². The maximum absolute atomic E-state index is 8.65. The van der Waals surface area contributed by atoms with Crippen LogP contribution in [0.4, 0.5) is 4.79 Å². The van der Waals surface area contributed by atoms with Crippen molar-refractivity contribution in [3.05, 3.63) is 0 Å². The highest BCUT2D eigenvalue weighted by atomic mass is 35.5. The number of aliphatic hydroxyl groups is 2. The number of aliphatic hydroxyl groups excluding tert-OH is 2. The number of carbonyl (C=O) groups excluding carboxylic acids is 1. The van der Waals surface area contributed by atoms with E-state index < -0.39 is 11.5 Å². The molecule has 0 aliphatic rings. The summed E-state index contributed by atoms with van der Waals surface area (Å²) >= 11 is 4.08. The molecule has 0 aromatic carbocycles. The van der Waals surface area contributed by atoms with E-state index in [0.717, 1.165) is 0 Å². The van der Waals surface area contributed by atoms with Crippen molar-refractivity contribution in [1.82, 2.24) is 0 Å². The van der Waals surface area contributed by atoms with Gasteiger partial charge in [-0.05, 0) is 6.92 Å². The van der Waals surface area contributed by atoms with Crippen LogP contribution in [-0.2, 0) is 0 Å². The summed E-state index contributed by atoms with van der Waals surface area (Å²) in [7, 11) is 0. The molecule has 0 aliphatic heterocycles. The third-order valence-corrected chi connectivity index (χ3v) is 0.264. The van der Waals surface area contributed by atoms with Gasteiger partial charge in [0, 0.05) is 0 Å². The molecule has 9 heavy (non-hydrogen) atoms. The van der Waals surface area contributed by atoms with Crippen LogP contribution in [0.25, 0.3) is 0 Å². The first-order chi connectivity index (χ1) is 4.00. The minimum absolute atomic E-state index is 0.139. The Kier molecular flexibility index (Phi) is 9.79. The molecule has 0 spiro atoms. The number of hydrogen-bond donors (Lipinski definition) is 2. The predicted molar refractivity (Wildman–Crippen MR) is 30.0 cm³/mol. The van der Waals surface area contributed by atoms with Gasteiger partial charge in [0.2, 0.25) is 0 Å². The summed E-state index contributed by atoms with van der Waals surface area (Å²) in [4.78, 5) is 8.65. The normalized spacial score (nSPS) is 11.1. The molecule has 0 rings (SSSR count). The fourth-order valence-electron chi connectivity index (χ4n) is 0. The summed E-state index contributed by atoms with van der Waals surface area (Å²) in [6.07, 6.45) is -0.560. The van der Waals surface area contributed by atoms with E-state index >= 15 is 0 Å². The second-order valence-corrected chi connectivity index (χ2v) is 1.58. The number of halogens is 1. The first-order valence-corrected chi connectivity index (χ1v) is 2.54. The lowest BCUT2D eigenvalue weighted by Crippen LogP contribution is -2.11. The SMILES string of the molecule is CC(O)CO.O=C([O-])Cl. The van der Waals surface area contributed by atoms with Gasteiger partial charge in [-0.2, -0.15) is 0 Å². The van der Waals surface area contributed by atoms with Crippen molar-refractivity contribution in [3.8, 4) is 0 Å². The third kappa shape index (κ3) is 87.8. The number of carboxylic acid groups (broad SMARTS) is 1. The van der Waals surface area contributed by atoms with E-state index in [-0.39, 0.29) is 6.61 Å². The Morgan fingerprint density at radius 3 is 2.00 bits per heavy atom. The smallest absolute Gasteiger partial charge is 0.134 e. The van der Waals surface area contributed by atoms with Crippen LogP contribution in [-0.4, -0.2) is 28.4 Å². The van der Waals surface area contributed by atoms with E-state index in [0.29, 0.717) is 0 Å². The minimum Gasteiger partial charge on any atom is -0.534 e. The van der Waals surface area contributed by atoms with Gasteiger partial charge >= 0.3 is 0 Å². The van der Waals surface area contributed by atoms with Gasteiger partial charge in [0.05, 0.1) is 12.7 Å². The lowest BCUT2D eigenvalue weighted by molar-refractivity contribution is -0.233. The van der Waals surface area contributed by atoms with Gasteiger partial charge in [-0.1, -0.05) is 11.6 Å². The average Bonchev–Trinajstić information content (AvgIpc) is 1.65. The molecule has 56 valence electrons. The van der Waals surface area contributed by atoms with E-state index in [2.05, 4.69) is 11.6 Å². The Morgan fingerprint density at radius 2 is 2.00 bits per heavy atom. The van der Waals surface area contributed by atoms with Gasteiger partial charge in [0.25, 0.3) is 0 Å². The molecule has 0 aromatic rings. The van der Waals surface area contributed by atoms with Crippen molar-refractivity contribution in [2.45, 2.75) is 13.0 Å². The Balaban J connectivity index is 0. The van der Waals surface area contributed by atoms with Crippen LogP contribution >= 0.6 is 11.6 Å². The van der Waals surface area contributed by atoms with Crippen LogP contribution in [0, 0.1) is 0 Å². The van der Waals surface area contributed by atoms with Crippen molar-refractivity contribution in [2.24, 2.45) is 0 Å². The largest absolute Gasteiger partial charge is 0.534 e. The molecule has 0 aliphatic carbocycles. The van der Waals surface area contributed by atoms with Crippen LogP contribution in [0.15, 0.2) is 0 Å². The van der Waals surface area contributed by atoms with Gasteiger partial charge < -0.3 is 20.1 Å². The van der Waals surface area contributed by atoms with E-state index in [1.807, 2.05) is 0 Å². The lowest BCUT2D eigenvalue weighted by Gasteiger charge is -1.90. The van der Waals surface area contributed by atoms with E-state index in [1.165, 1.54) is 6.92 Å². The zero-order chi connectivity index (χ0) is 7.86. The second kappa shape index (κ2) is 7.68. The number of hydrogen-bond acceptors (Lipinski definition) is 4. The summed E-state index contributed by atoms with van der Waals surface area (Å²) in [5.74, 6) is 0. The van der Waals surface area contributed by atoms with Crippen molar-refractivity contribution >= 4 is 17.0 Å². The van der Waals surface area contributed by atoms with Crippen molar-refractivity contribution < 1.29 is 20.1 Å². The molecule has 0 saturated carbocycles. The summed E-state index contributed by atoms with van der Waals surface area (Å²) in [5, 5.41) is 24.7. The molecular weight excluding hydrogens is 147 g/mol. The van der Waals surface area contributed by atoms with E-state index in [4.69, 9.17) is 20.1 Å². The topological polar surface area (TPSA) is 80.6 Å². The van der Waals surface area contributed by atoms with Crippen molar-refractivity contribution in [1.29, 1.82) is 0 Å². The molecule has 5 heteroatoms. The zero-order valence-electron chi connectivity index (χ0n) is 4.87. The summed E-state index contributed by atoms with van der Waals surface area (Å²) < 4.78 is 0. The van der Waals surface area contributed by atoms with Gasteiger partial charge in [0.1, 0.15) is 5.43 Å². The fourth-order valence-corrected chi connectivity index (χ4v) is 0. The highest BCUT2D eigenvalue weighted by Crippen LogP contribution is 1.68. The summed E-state index contributed by atoms with van der Waals surface area (Å²) in [6.45, 7) is 1.39. The molecule has 2 N–H and O–H groups in total. The highest BCUT2D eigenvalue weighted by Gasteiger charge is 1.83. The molecule has 0 saturated heterocycles. The molecule has 1 atom stereocenters. The van der Waals surface area contributed by atoms with Gasteiger partial charge in [0.15, 0.2) is 0 Å². The average molecular weight is 156 g/mol. The van der Waals surface area contributed by atoms with Crippen molar-refractivity contribution in [3.63, 3.8) is 0 Å². The van der Waals surface area contributed by atoms with Gasteiger partial charge in [-0.25, -0.2) is 0 Å². The van der Waals surface area contributed by atoms with Crippen LogP contribution in [0.5, 0.6) is 0 Å².